The zero-order valence-corrected chi connectivity index (χ0v) is 21.7. The Bertz CT molecular complexity index is 1170. The average molecular weight is 545 g/mol. The lowest BCUT2D eigenvalue weighted by Crippen LogP contribution is -2.53. The number of aliphatic hydroxyl groups excluding tert-OH is 1. The second-order valence-electron chi connectivity index (χ2n) is 10.3. The highest BCUT2D eigenvalue weighted by Crippen LogP contribution is 2.36. The monoisotopic (exact) mass is 544 g/mol. The van der Waals surface area contributed by atoms with E-state index in [1.54, 1.807) is 0 Å². The van der Waals surface area contributed by atoms with Gasteiger partial charge >= 0.3 is 6.18 Å². The van der Waals surface area contributed by atoms with Gasteiger partial charge in [-0.1, -0.05) is 18.2 Å². The van der Waals surface area contributed by atoms with Gasteiger partial charge in [0.1, 0.15) is 17.3 Å². The lowest BCUT2D eigenvalue weighted by Gasteiger charge is -2.35. The largest absolute Gasteiger partial charge is 0.479 e. The molecule has 0 radical (unpaired) electrons. The van der Waals surface area contributed by atoms with Crippen molar-refractivity contribution >= 4 is 16.5 Å². The SMILES string of the molecule is C[C@@H](Oc1cc(C[C@@H]2C[S@@](=O)C[C@H](NCc3ccc4c(c3)C(C)(C)OC4)[C@H]2O)cc(F)c1N)C(F)(F)F. The van der Waals surface area contributed by atoms with Crippen LogP contribution in [0.1, 0.15) is 43.0 Å². The predicted octanol–water partition coefficient (Wildman–Crippen LogP) is 3.94. The number of fused-ring (bicyclic) bond motifs is 1. The number of nitrogens with one attached hydrogen (secondary N) is 1. The molecule has 0 bridgehead atoms. The first-order valence-corrected chi connectivity index (χ1v) is 13.6. The quantitative estimate of drug-likeness (QED) is 0.361. The van der Waals surface area contributed by atoms with E-state index in [-0.39, 0.29) is 23.5 Å². The summed E-state index contributed by atoms with van der Waals surface area (Å²) < 4.78 is 76.6. The number of nitrogens with two attached hydrogens (primary N) is 1. The minimum atomic E-state index is -4.64. The van der Waals surface area contributed by atoms with E-state index >= 15 is 0 Å². The molecule has 1 fully saturated rings. The predicted molar refractivity (Wildman–Crippen MR) is 133 cm³/mol. The molecule has 2 aromatic carbocycles. The molecule has 6 nitrogen and oxygen atoms in total. The van der Waals surface area contributed by atoms with Crippen molar-refractivity contribution in [2.24, 2.45) is 5.92 Å². The van der Waals surface area contributed by atoms with E-state index in [9.17, 15) is 26.9 Å². The van der Waals surface area contributed by atoms with E-state index in [1.807, 2.05) is 26.0 Å². The Morgan fingerprint density at radius 2 is 1.97 bits per heavy atom. The number of ether oxygens (including phenoxy) is 2. The van der Waals surface area contributed by atoms with Gasteiger partial charge in [-0.3, -0.25) is 4.21 Å². The average Bonchev–Trinajstić information content (AvgIpc) is 3.11. The molecule has 37 heavy (non-hydrogen) atoms. The lowest BCUT2D eigenvalue weighted by molar-refractivity contribution is -0.189. The van der Waals surface area contributed by atoms with Gasteiger partial charge in [0.2, 0.25) is 0 Å². The van der Waals surface area contributed by atoms with E-state index in [1.165, 1.54) is 6.07 Å². The molecule has 0 unspecified atom stereocenters. The van der Waals surface area contributed by atoms with Gasteiger partial charge in [0.25, 0.3) is 0 Å². The van der Waals surface area contributed by atoms with Crippen molar-refractivity contribution in [3.8, 4) is 5.75 Å². The number of anilines is 1. The number of nitrogen functional groups attached to an aromatic ring is 1. The van der Waals surface area contributed by atoms with Crippen LogP contribution in [0, 0.1) is 11.7 Å². The van der Waals surface area contributed by atoms with Crippen molar-refractivity contribution in [1.82, 2.24) is 5.32 Å². The maximum absolute atomic E-state index is 14.4. The van der Waals surface area contributed by atoms with E-state index in [4.69, 9.17) is 15.2 Å². The van der Waals surface area contributed by atoms with Crippen LogP contribution in [0.3, 0.4) is 0 Å². The minimum Gasteiger partial charge on any atom is -0.479 e. The molecule has 0 aliphatic carbocycles. The summed E-state index contributed by atoms with van der Waals surface area (Å²) in [5.74, 6) is -1.39. The second kappa shape index (κ2) is 10.5. The van der Waals surface area contributed by atoms with Crippen LogP contribution in [0.2, 0.25) is 0 Å². The molecule has 2 aromatic rings. The van der Waals surface area contributed by atoms with Crippen LogP contribution in [0.4, 0.5) is 23.2 Å². The molecular weight excluding hydrogens is 512 g/mol. The maximum Gasteiger partial charge on any atom is 0.425 e. The topological polar surface area (TPSA) is 93.8 Å². The zero-order valence-electron chi connectivity index (χ0n) is 20.9. The summed E-state index contributed by atoms with van der Waals surface area (Å²) in [5, 5.41) is 14.4. The Hall–Kier alpha value is -2.21. The Morgan fingerprint density at radius 3 is 2.68 bits per heavy atom. The molecule has 0 saturated carbocycles. The fourth-order valence-electron chi connectivity index (χ4n) is 4.82. The summed E-state index contributed by atoms with van der Waals surface area (Å²) >= 11 is 0. The Labute approximate surface area is 216 Å². The van der Waals surface area contributed by atoms with Crippen molar-refractivity contribution in [2.45, 2.75) is 70.4 Å². The summed E-state index contributed by atoms with van der Waals surface area (Å²) in [6.07, 6.45) is -7.62. The molecule has 204 valence electrons. The smallest absolute Gasteiger partial charge is 0.425 e. The zero-order chi connectivity index (χ0) is 27.1. The third-order valence-corrected chi connectivity index (χ3v) is 8.59. The number of hydrogen-bond acceptors (Lipinski definition) is 6. The van der Waals surface area contributed by atoms with Crippen molar-refractivity contribution in [1.29, 1.82) is 0 Å². The fourth-order valence-corrected chi connectivity index (χ4v) is 6.46. The summed E-state index contributed by atoms with van der Waals surface area (Å²) in [7, 11) is -1.24. The van der Waals surface area contributed by atoms with E-state index < -0.39 is 58.4 Å². The van der Waals surface area contributed by atoms with Gasteiger partial charge in [-0.2, -0.15) is 13.2 Å². The number of benzene rings is 2. The van der Waals surface area contributed by atoms with Gasteiger partial charge < -0.3 is 25.6 Å². The molecule has 0 spiro atoms. The molecule has 0 aromatic heterocycles. The van der Waals surface area contributed by atoms with Gasteiger partial charge in [0.15, 0.2) is 6.10 Å². The molecule has 2 heterocycles. The first kappa shape index (κ1) is 27.8. The van der Waals surface area contributed by atoms with E-state index in [0.29, 0.717) is 18.7 Å². The minimum absolute atomic E-state index is 0.101. The Morgan fingerprint density at radius 1 is 1.24 bits per heavy atom. The van der Waals surface area contributed by atoms with Gasteiger partial charge in [-0.05, 0) is 61.6 Å². The number of aliphatic hydroxyl groups is 1. The number of rotatable bonds is 7. The van der Waals surface area contributed by atoms with Crippen molar-refractivity contribution in [3.05, 3.63) is 58.4 Å². The second-order valence-corrected chi connectivity index (χ2v) is 11.8. The maximum atomic E-state index is 14.4. The van der Waals surface area contributed by atoms with Gasteiger partial charge in [-0.15, -0.1) is 0 Å². The van der Waals surface area contributed by atoms with Gasteiger partial charge in [0, 0.05) is 40.8 Å². The normalized spacial score (nSPS) is 26.1. The first-order chi connectivity index (χ1) is 17.2. The summed E-state index contributed by atoms with van der Waals surface area (Å²) in [6, 6.07) is 7.97. The standard InChI is InChI=1S/C26H32F4N2O4S/c1-14(26(28,29)30)36-22-9-16(8-20(27)23(22)31)6-18-12-37(34)13-21(24(18)33)32-10-15-4-5-17-11-35-25(2,3)19(17)7-15/h4-5,7-9,14,18,21,24,32-33H,6,10-13,31H2,1-3H3/t14-,18-,21+,24+,37-/m1/s1. The van der Waals surface area contributed by atoms with Crippen LogP contribution in [0.25, 0.3) is 0 Å². The van der Waals surface area contributed by atoms with Crippen LogP contribution in [-0.2, 0) is 40.7 Å². The molecular formula is C26H32F4N2O4S. The van der Waals surface area contributed by atoms with E-state index in [0.717, 1.165) is 29.7 Å². The number of hydrogen-bond donors (Lipinski definition) is 3. The lowest BCUT2D eigenvalue weighted by atomic mass is 9.90. The van der Waals surface area contributed by atoms with Crippen LogP contribution in [0.5, 0.6) is 5.75 Å². The van der Waals surface area contributed by atoms with Crippen molar-refractivity contribution in [2.75, 3.05) is 17.2 Å². The third kappa shape index (κ3) is 6.27. The fraction of sp³-hybridized carbons (Fsp3) is 0.538. The number of alkyl halides is 3. The Balaban J connectivity index is 1.45. The molecule has 4 rings (SSSR count). The van der Waals surface area contributed by atoms with Crippen LogP contribution >= 0.6 is 0 Å². The van der Waals surface area contributed by atoms with E-state index in [2.05, 4.69) is 11.4 Å². The third-order valence-electron chi connectivity index (χ3n) is 7.05. The molecule has 2 aliphatic heterocycles. The number of halogens is 4. The Kier molecular flexibility index (Phi) is 7.90. The molecule has 5 atom stereocenters. The highest BCUT2D eigenvalue weighted by molar-refractivity contribution is 7.85. The summed E-state index contributed by atoms with van der Waals surface area (Å²) in [4.78, 5) is 0. The molecule has 4 N–H and O–H groups in total. The van der Waals surface area contributed by atoms with Crippen LogP contribution < -0.4 is 15.8 Å². The molecule has 2 aliphatic rings. The molecule has 1 saturated heterocycles. The highest BCUT2D eigenvalue weighted by Gasteiger charge is 2.39. The first-order valence-electron chi connectivity index (χ1n) is 12.1. The van der Waals surface area contributed by atoms with Crippen molar-refractivity contribution in [3.63, 3.8) is 0 Å². The van der Waals surface area contributed by atoms with Gasteiger partial charge in [0.05, 0.1) is 18.3 Å². The van der Waals surface area contributed by atoms with Crippen LogP contribution in [-0.4, -0.2) is 45.2 Å². The summed E-state index contributed by atoms with van der Waals surface area (Å²) in [5.41, 5.74) is 8.26. The summed E-state index contributed by atoms with van der Waals surface area (Å²) in [6.45, 7) is 5.83. The molecule has 0 amide bonds. The highest BCUT2D eigenvalue weighted by atomic mass is 32.2. The van der Waals surface area contributed by atoms with Crippen molar-refractivity contribution < 1.29 is 36.4 Å². The molecule has 11 heteroatoms. The van der Waals surface area contributed by atoms with Crippen LogP contribution in [0.15, 0.2) is 30.3 Å². The van der Waals surface area contributed by atoms with Gasteiger partial charge in [-0.25, -0.2) is 4.39 Å².